The fraction of sp³-hybridized carbons (Fsp3) is 0.235. The Balaban J connectivity index is 1.73. The van der Waals surface area contributed by atoms with E-state index in [2.05, 4.69) is 0 Å². The Morgan fingerprint density at radius 3 is 2.23 bits per heavy atom. The number of hydrogen-bond acceptors (Lipinski definition) is 8. The number of piperazine rings is 1. The zero-order chi connectivity index (χ0) is 22.1. The molecule has 1 amide bonds. The molecule has 0 bridgehead atoms. The molecule has 0 saturated carbocycles. The topological polar surface area (TPSA) is 170 Å². The lowest BCUT2D eigenvalue weighted by molar-refractivity contribution is -0.385. The summed E-state index contributed by atoms with van der Waals surface area (Å²) in [6.07, 6.45) is 0. The fourth-order valence-corrected chi connectivity index (χ4v) is 4.52. The smallest absolute Gasteiger partial charge is 0.292 e. The van der Waals surface area contributed by atoms with Gasteiger partial charge in [0.05, 0.1) is 14.7 Å². The number of amides is 1. The highest BCUT2D eigenvalue weighted by molar-refractivity contribution is 7.89. The van der Waals surface area contributed by atoms with Crippen molar-refractivity contribution in [1.29, 1.82) is 0 Å². The van der Waals surface area contributed by atoms with Gasteiger partial charge in [-0.05, 0) is 18.2 Å². The van der Waals surface area contributed by atoms with Gasteiger partial charge in [0.1, 0.15) is 5.69 Å². The van der Waals surface area contributed by atoms with Crippen LogP contribution in [0.3, 0.4) is 0 Å². The molecule has 1 aliphatic rings. The summed E-state index contributed by atoms with van der Waals surface area (Å²) in [5.41, 5.74) is 4.83. The summed E-state index contributed by atoms with van der Waals surface area (Å²) in [7, 11) is -3.97. The number of anilines is 1. The van der Waals surface area contributed by atoms with Crippen molar-refractivity contribution in [2.45, 2.75) is 4.90 Å². The van der Waals surface area contributed by atoms with Crippen LogP contribution in [-0.2, 0) is 10.0 Å². The van der Waals surface area contributed by atoms with E-state index < -0.39 is 25.8 Å². The summed E-state index contributed by atoms with van der Waals surface area (Å²) in [5, 5.41) is 21.9. The molecule has 0 aliphatic carbocycles. The third-order valence-electron chi connectivity index (χ3n) is 4.67. The van der Waals surface area contributed by atoms with Crippen molar-refractivity contribution in [3.05, 3.63) is 68.3 Å². The Morgan fingerprint density at radius 2 is 1.63 bits per heavy atom. The highest BCUT2D eigenvalue weighted by Crippen LogP contribution is 2.25. The van der Waals surface area contributed by atoms with E-state index in [4.69, 9.17) is 5.73 Å². The van der Waals surface area contributed by atoms with E-state index in [-0.39, 0.29) is 53.7 Å². The predicted molar refractivity (Wildman–Crippen MR) is 105 cm³/mol. The molecule has 2 aromatic carbocycles. The number of rotatable bonds is 5. The molecule has 12 nitrogen and oxygen atoms in total. The molecule has 2 aromatic rings. The zero-order valence-electron chi connectivity index (χ0n) is 15.5. The van der Waals surface area contributed by atoms with E-state index in [1.165, 1.54) is 35.2 Å². The molecule has 0 unspecified atom stereocenters. The highest BCUT2D eigenvalue weighted by Gasteiger charge is 2.31. The summed E-state index contributed by atoms with van der Waals surface area (Å²) < 4.78 is 26.7. The normalized spacial score (nSPS) is 15.0. The third kappa shape index (κ3) is 4.06. The maximum atomic E-state index is 12.8. The van der Waals surface area contributed by atoms with Gasteiger partial charge in [-0.2, -0.15) is 4.31 Å². The molecule has 0 radical (unpaired) electrons. The Bertz CT molecular complexity index is 1130. The number of nitro benzene ring substituents is 2. The number of non-ortho nitro benzene ring substituents is 1. The first kappa shape index (κ1) is 21.1. The van der Waals surface area contributed by atoms with Crippen LogP contribution in [0.25, 0.3) is 0 Å². The first-order chi connectivity index (χ1) is 14.1. The fourth-order valence-electron chi connectivity index (χ4n) is 3.06. The predicted octanol–water partition coefficient (Wildman–Crippen LogP) is 1.23. The van der Waals surface area contributed by atoms with Crippen LogP contribution in [0.4, 0.5) is 17.1 Å². The van der Waals surface area contributed by atoms with Gasteiger partial charge in [-0.15, -0.1) is 0 Å². The average Bonchev–Trinajstić information content (AvgIpc) is 2.73. The van der Waals surface area contributed by atoms with Crippen LogP contribution >= 0.6 is 0 Å². The van der Waals surface area contributed by atoms with Crippen molar-refractivity contribution in [3.8, 4) is 0 Å². The Kier molecular flexibility index (Phi) is 5.67. The largest absolute Gasteiger partial charge is 0.393 e. The molecular weight excluding hydrogens is 418 g/mol. The molecule has 1 saturated heterocycles. The number of carbonyl (C=O) groups is 1. The molecule has 158 valence electrons. The van der Waals surface area contributed by atoms with Gasteiger partial charge in [0.25, 0.3) is 17.3 Å². The quantitative estimate of drug-likeness (QED) is 0.415. The van der Waals surface area contributed by atoms with E-state index in [0.717, 1.165) is 16.4 Å². The summed E-state index contributed by atoms with van der Waals surface area (Å²) >= 11 is 0. The highest BCUT2D eigenvalue weighted by atomic mass is 32.2. The third-order valence-corrected chi connectivity index (χ3v) is 6.56. The SMILES string of the molecule is Nc1ccc(C(=O)N2CCN(S(=O)(=O)c3cccc([N+](=O)[O-])c3)CC2)cc1[N+](=O)[O-]. The minimum Gasteiger partial charge on any atom is -0.393 e. The second kappa shape index (κ2) is 8.04. The van der Waals surface area contributed by atoms with Gasteiger partial charge in [0, 0.05) is 49.9 Å². The van der Waals surface area contributed by atoms with Crippen LogP contribution in [0.5, 0.6) is 0 Å². The Morgan fingerprint density at radius 1 is 0.967 bits per heavy atom. The molecule has 30 heavy (non-hydrogen) atoms. The molecule has 0 atom stereocenters. The van der Waals surface area contributed by atoms with Gasteiger partial charge in [0.2, 0.25) is 10.0 Å². The van der Waals surface area contributed by atoms with Crippen LogP contribution in [-0.4, -0.2) is 59.6 Å². The van der Waals surface area contributed by atoms with Crippen molar-refractivity contribution in [1.82, 2.24) is 9.21 Å². The number of sulfonamides is 1. The number of nitrogens with two attached hydrogens (primary N) is 1. The lowest BCUT2D eigenvalue weighted by Crippen LogP contribution is -2.50. The molecule has 0 aromatic heterocycles. The standard InChI is InChI=1S/C17H17N5O7S/c18-15-5-4-12(10-16(15)22(26)27)17(23)19-6-8-20(9-7-19)30(28,29)14-3-1-2-13(11-14)21(24)25/h1-5,10-11H,6-9,18H2. The molecule has 3 rings (SSSR count). The number of benzene rings is 2. The van der Waals surface area contributed by atoms with Gasteiger partial charge < -0.3 is 10.6 Å². The average molecular weight is 435 g/mol. The molecule has 1 aliphatic heterocycles. The van der Waals surface area contributed by atoms with E-state index in [9.17, 15) is 33.4 Å². The molecule has 1 heterocycles. The van der Waals surface area contributed by atoms with Crippen molar-refractivity contribution in [3.63, 3.8) is 0 Å². The van der Waals surface area contributed by atoms with Crippen molar-refractivity contribution in [2.75, 3.05) is 31.9 Å². The Labute approximate surface area is 170 Å². The number of hydrogen-bond donors (Lipinski definition) is 1. The van der Waals surface area contributed by atoms with Crippen LogP contribution < -0.4 is 5.73 Å². The van der Waals surface area contributed by atoms with E-state index in [1.807, 2.05) is 0 Å². The summed E-state index contributed by atoms with van der Waals surface area (Å²) in [4.78, 5) is 34.4. The van der Waals surface area contributed by atoms with Crippen LogP contribution in [0.1, 0.15) is 10.4 Å². The lowest BCUT2D eigenvalue weighted by Gasteiger charge is -2.34. The molecule has 2 N–H and O–H groups in total. The minimum absolute atomic E-state index is 0.0200. The number of nitro groups is 2. The van der Waals surface area contributed by atoms with Gasteiger partial charge >= 0.3 is 0 Å². The van der Waals surface area contributed by atoms with Crippen LogP contribution in [0, 0.1) is 20.2 Å². The van der Waals surface area contributed by atoms with E-state index >= 15 is 0 Å². The molecule has 1 fully saturated rings. The molecule has 13 heteroatoms. The van der Waals surface area contributed by atoms with Gasteiger partial charge in [-0.1, -0.05) is 6.07 Å². The van der Waals surface area contributed by atoms with Crippen molar-refractivity contribution < 1.29 is 23.1 Å². The number of carbonyl (C=O) groups excluding carboxylic acids is 1. The first-order valence-corrected chi connectivity index (χ1v) is 10.1. The zero-order valence-corrected chi connectivity index (χ0v) is 16.3. The van der Waals surface area contributed by atoms with E-state index in [1.54, 1.807) is 0 Å². The van der Waals surface area contributed by atoms with Crippen LogP contribution in [0.15, 0.2) is 47.4 Å². The monoisotopic (exact) mass is 435 g/mol. The summed E-state index contributed by atoms with van der Waals surface area (Å²) in [6.45, 7) is 0.0813. The van der Waals surface area contributed by atoms with Gasteiger partial charge in [-0.3, -0.25) is 25.0 Å². The molecular formula is C17H17N5O7S. The number of nitrogen functional groups attached to an aromatic ring is 1. The summed E-state index contributed by atoms with van der Waals surface area (Å²) in [6, 6.07) is 8.48. The second-order valence-corrected chi connectivity index (χ2v) is 8.42. The lowest BCUT2D eigenvalue weighted by atomic mass is 10.1. The van der Waals surface area contributed by atoms with Crippen LogP contribution in [0.2, 0.25) is 0 Å². The first-order valence-electron chi connectivity index (χ1n) is 8.69. The van der Waals surface area contributed by atoms with Crippen molar-refractivity contribution in [2.24, 2.45) is 0 Å². The van der Waals surface area contributed by atoms with E-state index in [0.29, 0.717) is 0 Å². The maximum Gasteiger partial charge on any atom is 0.292 e. The van der Waals surface area contributed by atoms with Gasteiger partial charge in [-0.25, -0.2) is 8.42 Å². The second-order valence-electron chi connectivity index (χ2n) is 6.48. The molecule has 0 spiro atoms. The summed E-state index contributed by atoms with van der Waals surface area (Å²) in [5.74, 6) is -0.481. The number of nitrogens with zero attached hydrogens (tertiary/aromatic N) is 4. The Hall–Kier alpha value is -3.58. The van der Waals surface area contributed by atoms with Crippen molar-refractivity contribution >= 4 is 33.0 Å². The maximum absolute atomic E-state index is 12.8. The minimum atomic E-state index is -3.97. The van der Waals surface area contributed by atoms with Gasteiger partial charge in [0.15, 0.2) is 0 Å².